The van der Waals surface area contributed by atoms with E-state index in [1.807, 2.05) is 6.07 Å². The van der Waals surface area contributed by atoms with Crippen LogP contribution < -0.4 is 5.32 Å². The number of nitrogens with one attached hydrogen (secondary N) is 1. The van der Waals surface area contributed by atoms with Crippen molar-refractivity contribution >= 4 is 23.0 Å². The second-order valence-electron chi connectivity index (χ2n) is 7.97. The fourth-order valence-electron chi connectivity index (χ4n) is 2.36. The lowest BCUT2D eigenvalue weighted by Crippen LogP contribution is -2.29. The van der Waals surface area contributed by atoms with Gasteiger partial charge in [-0.15, -0.1) is 0 Å². The molecule has 1 aromatic heterocycles. The number of hydrogen-bond donors (Lipinski definition) is 2. The van der Waals surface area contributed by atoms with E-state index in [1.165, 1.54) is 0 Å². The predicted molar refractivity (Wildman–Crippen MR) is 91.4 cm³/mol. The third kappa shape index (κ3) is 3.75. The number of oxazole rings is 1. The number of nitrogens with zero attached hydrogens (tertiary/aromatic N) is 1. The molecule has 0 aliphatic carbocycles. The number of carbonyl (C=O) groups is 2. The lowest BCUT2D eigenvalue weighted by Gasteiger charge is -2.24. The molecule has 0 fully saturated rings. The summed E-state index contributed by atoms with van der Waals surface area (Å²) in [5.41, 5.74) is 3.00. The summed E-state index contributed by atoms with van der Waals surface area (Å²) in [6.45, 7) is 12.1. The first-order chi connectivity index (χ1) is 10.9. The van der Waals surface area contributed by atoms with Crippen molar-refractivity contribution in [3.8, 4) is 0 Å². The molecule has 6 heteroatoms. The molecule has 0 atom stereocenters. The minimum absolute atomic E-state index is 0.0767. The van der Waals surface area contributed by atoms with Crippen LogP contribution in [0.1, 0.15) is 63.4 Å². The summed E-state index contributed by atoms with van der Waals surface area (Å²) < 4.78 is 5.62. The van der Waals surface area contributed by atoms with Gasteiger partial charge in [0.15, 0.2) is 5.58 Å². The smallest absolute Gasteiger partial charge is 0.322 e. The van der Waals surface area contributed by atoms with Gasteiger partial charge >= 0.3 is 11.9 Å². The number of carboxylic acid groups (broad SMARTS) is 1. The number of rotatable bonds is 3. The number of benzene rings is 1. The van der Waals surface area contributed by atoms with Gasteiger partial charge in [0, 0.05) is 0 Å². The molecule has 0 spiro atoms. The molecule has 1 amide bonds. The van der Waals surface area contributed by atoms with Crippen LogP contribution in [-0.2, 0) is 15.6 Å². The lowest BCUT2D eigenvalue weighted by atomic mass is 9.80. The van der Waals surface area contributed by atoms with Crippen LogP contribution in [0.4, 0.5) is 0 Å². The average Bonchev–Trinajstić information content (AvgIpc) is 2.85. The van der Waals surface area contributed by atoms with E-state index in [2.05, 4.69) is 57.9 Å². The van der Waals surface area contributed by atoms with Crippen LogP contribution in [0.2, 0.25) is 0 Å². The molecule has 0 aliphatic heterocycles. The van der Waals surface area contributed by atoms with E-state index >= 15 is 0 Å². The van der Waals surface area contributed by atoms with Gasteiger partial charge in [-0.2, -0.15) is 0 Å². The molecule has 130 valence electrons. The lowest BCUT2D eigenvalue weighted by molar-refractivity contribution is -0.135. The van der Waals surface area contributed by atoms with E-state index < -0.39 is 18.4 Å². The summed E-state index contributed by atoms with van der Waals surface area (Å²) >= 11 is 0. The van der Waals surface area contributed by atoms with Gasteiger partial charge in [-0.05, 0) is 28.0 Å². The molecule has 24 heavy (non-hydrogen) atoms. The number of carbonyl (C=O) groups excluding carboxylic acids is 1. The van der Waals surface area contributed by atoms with Crippen molar-refractivity contribution in [1.29, 1.82) is 0 Å². The molecular weight excluding hydrogens is 308 g/mol. The molecule has 0 bridgehead atoms. The highest BCUT2D eigenvalue weighted by molar-refractivity contribution is 5.94. The van der Waals surface area contributed by atoms with Gasteiger partial charge in [-0.3, -0.25) is 9.59 Å². The largest absolute Gasteiger partial charge is 0.480 e. The monoisotopic (exact) mass is 332 g/mol. The molecule has 2 aromatic rings. The van der Waals surface area contributed by atoms with Crippen molar-refractivity contribution in [3.05, 3.63) is 29.2 Å². The Labute approximate surface area is 141 Å². The van der Waals surface area contributed by atoms with Crippen molar-refractivity contribution in [3.63, 3.8) is 0 Å². The van der Waals surface area contributed by atoms with Crippen molar-refractivity contribution in [2.24, 2.45) is 0 Å². The topological polar surface area (TPSA) is 92.4 Å². The number of aliphatic carboxylic acids is 1. The summed E-state index contributed by atoms with van der Waals surface area (Å²) in [7, 11) is 0. The van der Waals surface area contributed by atoms with Crippen LogP contribution in [0, 0.1) is 0 Å². The minimum atomic E-state index is -1.12. The Bertz CT molecular complexity index is 792. The fraction of sp³-hybridized carbons (Fsp3) is 0.500. The molecule has 0 unspecified atom stereocenters. The quantitative estimate of drug-likeness (QED) is 0.900. The van der Waals surface area contributed by atoms with Gasteiger partial charge in [0.25, 0.3) is 5.89 Å². The first-order valence-electron chi connectivity index (χ1n) is 7.85. The normalized spacial score (nSPS) is 12.4. The Kier molecular flexibility index (Phi) is 4.44. The van der Waals surface area contributed by atoms with Gasteiger partial charge in [0.05, 0.1) is 0 Å². The maximum absolute atomic E-state index is 12.0. The van der Waals surface area contributed by atoms with Crippen molar-refractivity contribution < 1.29 is 19.1 Å². The Morgan fingerprint density at radius 1 is 1.12 bits per heavy atom. The van der Waals surface area contributed by atoms with Crippen LogP contribution in [0.3, 0.4) is 0 Å². The van der Waals surface area contributed by atoms with Crippen LogP contribution in [0.15, 0.2) is 16.5 Å². The highest BCUT2D eigenvalue weighted by Gasteiger charge is 2.26. The Balaban J connectivity index is 2.58. The van der Waals surface area contributed by atoms with Crippen LogP contribution >= 0.6 is 0 Å². The molecule has 0 saturated heterocycles. The van der Waals surface area contributed by atoms with Gasteiger partial charge in [-0.25, -0.2) is 4.98 Å². The van der Waals surface area contributed by atoms with E-state index in [1.54, 1.807) is 0 Å². The second-order valence-corrected chi connectivity index (χ2v) is 7.97. The number of hydrogen-bond acceptors (Lipinski definition) is 4. The Morgan fingerprint density at radius 2 is 1.75 bits per heavy atom. The third-order valence-electron chi connectivity index (χ3n) is 3.76. The van der Waals surface area contributed by atoms with E-state index in [-0.39, 0.29) is 16.7 Å². The molecular formula is C18H24N2O4. The van der Waals surface area contributed by atoms with Gasteiger partial charge < -0.3 is 14.8 Å². The van der Waals surface area contributed by atoms with Crippen LogP contribution in [0.25, 0.3) is 11.1 Å². The summed E-state index contributed by atoms with van der Waals surface area (Å²) in [6.07, 6.45) is 0. The first-order valence-corrected chi connectivity index (χ1v) is 7.85. The predicted octanol–water partition coefficient (Wildman–Crippen LogP) is 3.24. The Hall–Kier alpha value is -2.37. The standard InChI is InChI=1S/C18H24N2O4/c1-17(2,3)10-7-11(18(4,5)6)14-12(8-10)24-16(20-14)15(23)19-9-13(21)22/h7-8H,9H2,1-6H3,(H,19,23)(H,21,22). The molecule has 0 radical (unpaired) electrons. The second kappa shape index (κ2) is 5.92. The minimum Gasteiger partial charge on any atom is -0.480 e. The van der Waals surface area contributed by atoms with Crippen LogP contribution in [-0.4, -0.2) is 28.5 Å². The SMILES string of the molecule is CC(C)(C)c1cc(C(C)(C)C)c2nc(C(=O)NCC(=O)O)oc2c1. The zero-order chi connectivity index (χ0) is 18.3. The summed E-state index contributed by atoms with van der Waals surface area (Å²) in [5, 5.41) is 10.9. The zero-order valence-electron chi connectivity index (χ0n) is 15.0. The van der Waals surface area contributed by atoms with Crippen LogP contribution in [0.5, 0.6) is 0 Å². The maximum Gasteiger partial charge on any atom is 0.322 e. The van der Waals surface area contributed by atoms with Crippen molar-refractivity contribution in [2.45, 2.75) is 52.4 Å². The molecule has 2 N–H and O–H groups in total. The molecule has 0 aliphatic rings. The first kappa shape index (κ1) is 18.0. The van der Waals surface area contributed by atoms with E-state index in [4.69, 9.17) is 9.52 Å². The fourth-order valence-corrected chi connectivity index (χ4v) is 2.36. The van der Waals surface area contributed by atoms with Gasteiger partial charge in [0.1, 0.15) is 12.1 Å². The molecule has 0 saturated carbocycles. The summed E-state index contributed by atoms with van der Waals surface area (Å²) in [5.74, 6) is -1.88. The van der Waals surface area contributed by atoms with Crippen molar-refractivity contribution in [2.75, 3.05) is 6.54 Å². The number of fused-ring (bicyclic) bond motifs is 1. The van der Waals surface area contributed by atoms with Gasteiger partial charge in [0.2, 0.25) is 0 Å². The number of aromatic nitrogens is 1. The molecule has 1 heterocycles. The zero-order valence-corrected chi connectivity index (χ0v) is 15.0. The molecule has 2 rings (SSSR count). The van der Waals surface area contributed by atoms with E-state index in [0.29, 0.717) is 11.1 Å². The highest BCUT2D eigenvalue weighted by atomic mass is 16.4. The van der Waals surface area contributed by atoms with E-state index in [9.17, 15) is 9.59 Å². The maximum atomic E-state index is 12.0. The Morgan fingerprint density at radius 3 is 2.25 bits per heavy atom. The van der Waals surface area contributed by atoms with E-state index in [0.717, 1.165) is 11.1 Å². The number of amides is 1. The average molecular weight is 332 g/mol. The summed E-state index contributed by atoms with van der Waals surface area (Å²) in [4.78, 5) is 26.9. The summed E-state index contributed by atoms with van der Waals surface area (Å²) in [6, 6.07) is 4.00. The third-order valence-corrected chi connectivity index (χ3v) is 3.76. The van der Waals surface area contributed by atoms with Crippen molar-refractivity contribution in [1.82, 2.24) is 10.3 Å². The molecule has 1 aromatic carbocycles. The molecule has 6 nitrogen and oxygen atoms in total. The van der Waals surface area contributed by atoms with Gasteiger partial charge in [-0.1, -0.05) is 47.6 Å². The number of carboxylic acids is 1. The highest BCUT2D eigenvalue weighted by Crippen LogP contribution is 2.35.